The van der Waals surface area contributed by atoms with Crippen LogP contribution in [0.2, 0.25) is 0 Å². The Hall–Kier alpha value is -0.570. The lowest BCUT2D eigenvalue weighted by molar-refractivity contribution is -0.130. The molecular formula is C20H36O3. The molecule has 0 aromatic carbocycles. The fourth-order valence-corrected chi connectivity index (χ4v) is 3.63. The summed E-state index contributed by atoms with van der Waals surface area (Å²) in [4.78, 5) is 10.3. The number of aliphatic hydroxyl groups excluding tert-OH is 1. The number of rotatable bonds is 15. The summed E-state index contributed by atoms with van der Waals surface area (Å²) in [6.07, 6.45) is 17.0. The molecule has 0 aliphatic heterocycles. The quantitative estimate of drug-likeness (QED) is 0.340. The standard InChI is InChI=1S/C20H36O3/c1-19(12-13-19)10-6-2-4-8-18(22)9-5-3-7-11-20(14-15-20)16-23-17-21/h17-18,22H,2-16H2,1H3. The molecule has 1 N–H and O–H groups in total. The molecule has 2 saturated carbocycles. The maximum absolute atomic E-state index is 10.3. The summed E-state index contributed by atoms with van der Waals surface area (Å²) in [5.41, 5.74) is 1.01. The van der Waals surface area contributed by atoms with Gasteiger partial charge in [-0.25, -0.2) is 0 Å². The second-order valence-electron chi connectivity index (χ2n) is 8.57. The maximum Gasteiger partial charge on any atom is 0.293 e. The third-order valence-corrected chi connectivity index (χ3v) is 6.08. The average molecular weight is 325 g/mol. The number of carbonyl (C=O) groups is 1. The summed E-state index contributed by atoms with van der Waals surface area (Å²) in [5, 5.41) is 10.0. The molecule has 2 rings (SSSR count). The van der Waals surface area contributed by atoms with Gasteiger partial charge in [-0.15, -0.1) is 0 Å². The third kappa shape index (κ3) is 7.69. The predicted octanol–water partition coefficient (Wildman–Crippen LogP) is 5.00. The summed E-state index contributed by atoms with van der Waals surface area (Å²) >= 11 is 0. The van der Waals surface area contributed by atoms with Crippen molar-refractivity contribution in [3.05, 3.63) is 0 Å². The number of carbonyl (C=O) groups excluding carboxylic acids is 1. The highest BCUT2D eigenvalue weighted by Crippen LogP contribution is 2.50. The van der Waals surface area contributed by atoms with E-state index >= 15 is 0 Å². The Bertz CT molecular complexity index is 345. The first-order chi connectivity index (χ1) is 11.1. The van der Waals surface area contributed by atoms with Crippen LogP contribution in [0.4, 0.5) is 0 Å². The molecular weight excluding hydrogens is 288 g/mol. The zero-order valence-electron chi connectivity index (χ0n) is 15.0. The van der Waals surface area contributed by atoms with E-state index in [0.717, 1.165) is 19.3 Å². The van der Waals surface area contributed by atoms with Crippen LogP contribution >= 0.6 is 0 Å². The van der Waals surface area contributed by atoms with Gasteiger partial charge in [-0.2, -0.15) is 0 Å². The molecule has 2 fully saturated rings. The van der Waals surface area contributed by atoms with Crippen LogP contribution in [0.1, 0.15) is 96.8 Å². The molecule has 0 bridgehead atoms. The highest BCUT2D eigenvalue weighted by molar-refractivity contribution is 5.37. The molecule has 0 radical (unpaired) electrons. The molecule has 3 heteroatoms. The fourth-order valence-electron chi connectivity index (χ4n) is 3.63. The lowest BCUT2D eigenvalue weighted by atomic mass is 9.97. The van der Waals surface area contributed by atoms with E-state index in [1.54, 1.807) is 0 Å². The minimum Gasteiger partial charge on any atom is -0.467 e. The van der Waals surface area contributed by atoms with Gasteiger partial charge in [0.2, 0.25) is 0 Å². The molecule has 0 spiro atoms. The Morgan fingerprint density at radius 1 is 0.957 bits per heavy atom. The molecule has 0 heterocycles. The second-order valence-corrected chi connectivity index (χ2v) is 8.57. The zero-order valence-corrected chi connectivity index (χ0v) is 15.0. The largest absolute Gasteiger partial charge is 0.467 e. The SMILES string of the molecule is CC1(CCCCCC(O)CCCCCC2(COC=O)CC2)CC1. The first-order valence-corrected chi connectivity index (χ1v) is 9.81. The van der Waals surface area contributed by atoms with Crippen molar-refractivity contribution in [2.24, 2.45) is 10.8 Å². The molecule has 134 valence electrons. The van der Waals surface area contributed by atoms with E-state index in [0.29, 0.717) is 23.9 Å². The van der Waals surface area contributed by atoms with Crippen molar-refractivity contribution in [2.75, 3.05) is 6.61 Å². The topological polar surface area (TPSA) is 46.5 Å². The van der Waals surface area contributed by atoms with Crippen molar-refractivity contribution in [3.63, 3.8) is 0 Å². The highest BCUT2D eigenvalue weighted by Gasteiger charge is 2.42. The van der Waals surface area contributed by atoms with Crippen molar-refractivity contribution >= 4 is 6.47 Å². The zero-order chi connectivity index (χ0) is 16.6. The Morgan fingerprint density at radius 2 is 1.57 bits per heavy atom. The molecule has 1 unspecified atom stereocenters. The summed E-state index contributed by atoms with van der Waals surface area (Å²) in [6, 6.07) is 0. The lowest BCUT2D eigenvalue weighted by Gasteiger charge is -2.14. The number of ether oxygens (including phenoxy) is 1. The van der Waals surface area contributed by atoms with Gasteiger partial charge >= 0.3 is 0 Å². The smallest absolute Gasteiger partial charge is 0.293 e. The van der Waals surface area contributed by atoms with Crippen LogP contribution in [0.5, 0.6) is 0 Å². The van der Waals surface area contributed by atoms with E-state index < -0.39 is 0 Å². The molecule has 23 heavy (non-hydrogen) atoms. The van der Waals surface area contributed by atoms with Crippen molar-refractivity contribution in [1.82, 2.24) is 0 Å². The molecule has 0 saturated heterocycles. The van der Waals surface area contributed by atoms with Gasteiger partial charge in [0, 0.05) is 5.41 Å². The molecule has 3 nitrogen and oxygen atoms in total. The normalized spacial score (nSPS) is 21.7. The van der Waals surface area contributed by atoms with E-state index in [-0.39, 0.29) is 6.10 Å². The Labute approximate surface area is 142 Å². The van der Waals surface area contributed by atoms with E-state index in [1.807, 2.05) is 0 Å². The van der Waals surface area contributed by atoms with Crippen molar-refractivity contribution in [3.8, 4) is 0 Å². The minimum atomic E-state index is -0.0974. The monoisotopic (exact) mass is 324 g/mol. The van der Waals surface area contributed by atoms with Crippen LogP contribution in [0.15, 0.2) is 0 Å². The molecule has 0 amide bonds. The van der Waals surface area contributed by atoms with Crippen LogP contribution in [0.3, 0.4) is 0 Å². The van der Waals surface area contributed by atoms with E-state index in [9.17, 15) is 9.90 Å². The molecule has 1 atom stereocenters. The van der Waals surface area contributed by atoms with Crippen molar-refractivity contribution < 1.29 is 14.6 Å². The lowest BCUT2D eigenvalue weighted by Crippen LogP contribution is -2.10. The number of hydrogen-bond acceptors (Lipinski definition) is 3. The van der Waals surface area contributed by atoms with Gasteiger partial charge in [-0.1, -0.05) is 45.4 Å². The first kappa shape index (κ1) is 18.8. The molecule has 0 aromatic rings. The van der Waals surface area contributed by atoms with Gasteiger partial charge in [-0.3, -0.25) is 4.79 Å². The van der Waals surface area contributed by atoms with Crippen LogP contribution in [-0.2, 0) is 9.53 Å². The number of unbranched alkanes of at least 4 members (excludes halogenated alkanes) is 4. The Morgan fingerprint density at radius 3 is 2.09 bits per heavy atom. The summed E-state index contributed by atoms with van der Waals surface area (Å²) in [6.45, 7) is 3.58. The van der Waals surface area contributed by atoms with Gasteiger partial charge in [0.1, 0.15) is 0 Å². The highest BCUT2D eigenvalue weighted by atomic mass is 16.5. The number of hydrogen-bond donors (Lipinski definition) is 1. The second kappa shape index (κ2) is 9.05. The summed E-state index contributed by atoms with van der Waals surface area (Å²) < 4.78 is 4.92. The van der Waals surface area contributed by atoms with Gasteiger partial charge in [0.25, 0.3) is 6.47 Å². The minimum absolute atomic E-state index is 0.0974. The van der Waals surface area contributed by atoms with E-state index in [2.05, 4.69) is 6.92 Å². The predicted molar refractivity (Wildman–Crippen MR) is 93.2 cm³/mol. The Kier molecular flexibility index (Phi) is 7.39. The van der Waals surface area contributed by atoms with Gasteiger partial charge in [0.05, 0.1) is 12.7 Å². The first-order valence-electron chi connectivity index (χ1n) is 9.81. The van der Waals surface area contributed by atoms with E-state index in [1.165, 1.54) is 70.6 Å². The van der Waals surface area contributed by atoms with Gasteiger partial charge in [-0.05, 0) is 56.8 Å². The summed E-state index contributed by atoms with van der Waals surface area (Å²) in [7, 11) is 0. The average Bonchev–Trinajstić information content (AvgIpc) is 3.44. The van der Waals surface area contributed by atoms with Crippen LogP contribution in [-0.4, -0.2) is 24.3 Å². The fraction of sp³-hybridized carbons (Fsp3) is 0.950. The van der Waals surface area contributed by atoms with Crippen molar-refractivity contribution in [2.45, 2.75) is 103 Å². The maximum atomic E-state index is 10.3. The molecule has 0 aromatic heterocycles. The Balaban J connectivity index is 1.36. The van der Waals surface area contributed by atoms with Crippen molar-refractivity contribution in [1.29, 1.82) is 0 Å². The van der Waals surface area contributed by atoms with Gasteiger partial charge in [0.15, 0.2) is 0 Å². The van der Waals surface area contributed by atoms with E-state index in [4.69, 9.17) is 4.74 Å². The van der Waals surface area contributed by atoms with Gasteiger partial charge < -0.3 is 9.84 Å². The van der Waals surface area contributed by atoms with Crippen LogP contribution in [0, 0.1) is 10.8 Å². The van der Waals surface area contributed by atoms with Crippen LogP contribution in [0.25, 0.3) is 0 Å². The number of aliphatic hydroxyl groups is 1. The molecule has 2 aliphatic carbocycles. The third-order valence-electron chi connectivity index (χ3n) is 6.08. The molecule has 2 aliphatic rings. The summed E-state index contributed by atoms with van der Waals surface area (Å²) in [5.74, 6) is 0. The van der Waals surface area contributed by atoms with Crippen LogP contribution < -0.4 is 0 Å².